The lowest BCUT2D eigenvalue weighted by Gasteiger charge is -2.14. The van der Waals surface area contributed by atoms with E-state index in [4.69, 9.17) is 4.74 Å². The summed E-state index contributed by atoms with van der Waals surface area (Å²) in [7, 11) is 1.58. The molecule has 5 heteroatoms. The first kappa shape index (κ1) is 15.3. The number of carbonyl (C=O) groups excluding carboxylic acids is 1. The highest BCUT2D eigenvalue weighted by molar-refractivity contribution is 6.05. The number of hydrogen-bond donors (Lipinski definition) is 2. The van der Waals surface area contributed by atoms with Crippen molar-refractivity contribution in [3.8, 4) is 5.75 Å². The number of methoxy groups -OCH3 is 1. The molecule has 0 spiro atoms. The molecule has 1 aliphatic rings. The third kappa shape index (κ3) is 3.80. The summed E-state index contributed by atoms with van der Waals surface area (Å²) in [5.41, 5.74) is 2.07. The van der Waals surface area contributed by atoms with Gasteiger partial charge in [-0.2, -0.15) is 0 Å². The maximum absolute atomic E-state index is 12.4. The number of pyridine rings is 1. The monoisotopic (exact) mass is 311 g/mol. The largest absolute Gasteiger partial charge is 0.495 e. The Morgan fingerprint density at radius 1 is 1.22 bits per heavy atom. The molecule has 1 fully saturated rings. The van der Waals surface area contributed by atoms with Gasteiger partial charge in [0.25, 0.3) is 5.91 Å². The summed E-state index contributed by atoms with van der Waals surface area (Å²) >= 11 is 0. The van der Waals surface area contributed by atoms with Crippen LogP contribution in [-0.2, 0) is 0 Å². The lowest BCUT2D eigenvalue weighted by molar-refractivity contribution is 0.102. The van der Waals surface area contributed by atoms with Crippen molar-refractivity contribution in [3.63, 3.8) is 0 Å². The highest BCUT2D eigenvalue weighted by atomic mass is 16.5. The van der Waals surface area contributed by atoms with Gasteiger partial charge in [0.1, 0.15) is 5.75 Å². The van der Waals surface area contributed by atoms with Crippen molar-refractivity contribution in [1.82, 2.24) is 4.98 Å². The Morgan fingerprint density at radius 3 is 2.78 bits per heavy atom. The number of amides is 1. The van der Waals surface area contributed by atoms with Gasteiger partial charge in [0, 0.05) is 18.4 Å². The molecule has 23 heavy (non-hydrogen) atoms. The van der Waals surface area contributed by atoms with Gasteiger partial charge in [0.05, 0.1) is 24.0 Å². The molecule has 120 valence electrons. The fraction of sp³-hybridized carbons (Fsp3) is 0.333. The quantitative estimate of drug-likeness (QED) is 0.884. The zero-order valence-electron chi connectivity index (χ0n) is 13.2. The lowest BCUT2D eigenvalue weighted by Crippen LogP contribution is -2.16. The van der Waals surface area contributed by atoms with Crippen LogP contribution in [0, 0.1) is 0 Å². The first-order chi connectivity index (χ1) is 11.3. The smallest absolute Gasteiger partial charge is 0.257 e. The number of ether oxygens (including phenoxy) is 1. The van der Waals surface area contributed by atoms with Gasteiger partial charge >= 0.3 is 0 Å². The standard InChI is InChI=1S/C18H21N3O2/c1-23-17-9-5-4-8-16(17)21-18(22)13-10-15(12-19-11-13)20-14-6-2-3-7-14/h4-5,8-12,14,20H,2-3,6-7H2,1H3,(H,21,22). The molecule has 0 radical (unpaired) electrons. The molecule has 2 aromatic rings. The van der Waals surface area contributed by atoms with Crippen LogP contribution in [0.5, 0.6) is 5.75 Å². The normalized spacial score (nSPS) is 14.5. The Kier molecular flexibility index (Phi) is 4.76. The van der Waals surface area contributed by atoms with Crippen LogP contribution in [0.3, 0.4) is 0 Å². The van der Waals surface area contributed by atoms with Crippen LogP contribution in [-0.4, -0.2) is 24.0 Å². The van der Waals surface area contributed by atoms with Crippen molar-refractivity contribution in [1.29, 1.82) is 0 Å². The van der Waals surface area contributed by atoms with Crippen LogP contribution in [0.15, 0.2) is 42.7 Å². The average Bonchev–Trinajstić information content (AvgIpc) is 3.08. The molecule has 1 saturated carbocycles. The summed E-state index contributed by atoms with van der Waals surface area (Å²) < 4.78 is 5.25. The number of nitrogens with zero attached hydrogens (tertiary/aromatic N) is 1. The topological polar surface area (TPSA) is 63.2 Å². The highest BCUT2D eigenvalue weighted by Gasteiger charge is 2.16. The SMILES string of the molecule is COc1ccccc1NC(=O)c1cncc(NC2CCCC2)c1. The number of para-hydroxylation sites is 2. The first-order valence-electron chi connectivity index (χ1n) is 7.92. The van der Waals surface area contributed by atoms with Gasteiger partial charge in [0.2, 0.25) is 0 Å². The van der Waals surface area contributed by atoms with E-state index in [1.165, 1.54) is 25.7 Å². The van der Waals surface area contributed by atoms with E-state index in [0.29, 0.717) is 23.0 Å². The minimum atomic E-state index is -0.197. The average molecular weight is 311 g/mol. The number of aromatic nitrogens is 1. The fourth-order valence-electron chi connectivity index (χ4n) is 2.89. The van der Waals surface area contributed by atoms with E-state index in [1.54, 1.807) is 19.5 Å². The molecule has 0 saturated heterocycles. The number of anilines is 2. The Hall–Kier alpha value is -2.56. The second kappa shape index (κ2) is 7.13. The summed E-state index contributed by atoms with van der Waals surface area (Å²) in [6.07, 6.45) is 8.22. The first-order valence-corrected chi connectivity index (χ1v) is 7.92. The highest BCUT2D eigenvalue weighted by Crippen LogP contribution is 2.25. The van der Waals surface area contributed by atoms with Crippen LogP contribution in [0.2, 0.25) is 0 Å². The van der Waals surface area contributed by atoms with Gasteiger partial charge in [-0.05, 0) is 31.0 Å². The summed E-state index contributed by atoms with van der Waals surface area (Å²) in [6, 6.07) is 9.67. The Morgan fingerprint density at radius 2 is 2.00 bits per heavy atom. The molecule has 1 aliphatic carbocycles. The summed E-state index contributed by atoms with van der Waals surface area (Å²) in [6.45, 7) is 0. The Bertz CT molecular complexity index is 681. The molecule has 0 unspecified atom stereocenters. The van der Waals surface area contributed by atoms with Crippen LogP contribution in [0.1, 0.15) is 36.0 Å². The molecule has 1 heterocycles. The summed E-state index contributed by atoms with van der Waals surface area (Å²) in [4.78, 5) is 16.6. The molecular formula is C18H21N3O2. The van der Waals surface area contributed by atoms with Gasteiger partial charge in [-0.3, -0.25) is 9.78 Å². The predicted octanol–water partition coefficient (Wildman–Crippen LogP) is 3.70. The molecule has 1 amide bonds. The summed E-state index contributed by atoms with van der Waals surface area (Å²) in [5, 5.41) is 6.32. The maximum Gasteiger partial charge on any atom is 0.257 e. The van der Waals surface area contributed by atoms with Gasteiger partial charge in [0.15, 0.2) is 0 Å². The third-order valence-electron chi connectivity index (χ3n) is 4.08. The molecule has 1 aromatic carbocycles. The number of rotatable bonds is 5. The number of nitrogens with one attached hydrogen (secondary N) is 2. The second-order valence-corrected chi connectivity index (χ2v) is 5.74. The molecule has 3 rings (SSSR count). The molecule has 0 aliphatic heterocycles. The van der Waals surface area contributed by atoms with E-state index >= 15 is 0 Å². The third-order valence-corrected chi connectivity index (χ3v) is 4.08. The maximum atomic E-state index is 12.4. The molecule has 1 aromatic heterocycles. The second-order valence-electron chi connectivity index (χ2n) is 5.74. The predicted molar refractivity (Wildman–Crippen MR) is 91.1 cm³/mol. The van der Waals surface area contributed by atoms with Crippen molar-refractivity contribution in [2.24, 2.45) is 0 Å². The van der Waals surface area contributed by atoms with Crippen molar-refractivity contribution in [2.45, 2.75) is 31.7 Å². The number of benzene rings is 1. The van der Waals surface area contributed by atoms with E-state index in [1.807, 2.05) is 30.3 Å². The van der Waals surface area contributed by atoms with E-state index in [2.05, 4.69) is 15.6 Å². The van der Waals surface area contributed by atoms with Gasteiger partial charge in [-0.15, -0.1) is 0 Å². The summed E-state index contributed by atoms with van der Waals surface area (Å²) in [5.74, 6) is 0.436. The fourth-order valence-corrected chi connectivity index (χ4v) is 2.89. The van der Waals surface area contributed by atoms with E-state index in [0.717, 1.165) is 5.69 Å². The van der Waals surface area contributed by atoms with Crippen LogP contribution < -0.4 is 15.4 Å². The van der Waals surface area contributed by atoms with Gasteiger partial charge in [-0.1, -0.05) is 25.0 Å². The van der Waals surface area contributed by atoms with E-state index < -0.39 is 0 Å². The Labute approximate surface area is 136 Å². The van der Waals surface area contributed by atoms with Crippen molar-refractivity contribution in [2.75, 3.05) is 17.7 Å². The molecule has 5 nitrogen and oxygen atoms in total. The van der Waals surface area contributed by atoms with Crippen molar-refractivity contribution >= 4 is 17.3 Å². The van der Waals surface area contributed by atoms with E-state index in [9.17, 15) is 4.79 Å². The zero-order chi connectivity index (χ0) is 16.1. The van der Waals surface area contributed by atoms with Crippen LogP contribution >= 0.6 is 0 Å². The molecular weight excluding hydrogens is 290 g/mol. The van der Waals surface area contributed by atoms with Crippen molar-refractivity contribution < 1.29 is 9.53 Å². The number of carbonyl (C=O) groups is 1. The molecule has 0 atom stereocenters. The molecule has 2 N–H and O–H groups in total. The van der Waals surface area contributed by atoms with Crippen LogP contribution in [0.4, 0.5) is 11.4 Å². The molecule has 0 bridgehead atoms. The minimum absolute atomic E-state index is 0.197. The Balaban J connectivity index is 1.71. The minimum Gasteiger partial charge on any atom is -0.495 e. The number of hydrogen-bond acceptors (Lipinski definition) is 4. The van der Waals surface area contributed by atoms with E-state index in [-0.39, 0.29) is 5.91 Å². The lowest BCUT2D eigenvalue weighted by atomic mass is 10.2. The van der Waals surface area contributed by atoms with Crippen molar-refractivity contribution in [3.05, 3.63) is 48.3 Å². The van der Waals surface area contributed by atoms with Gasteiger partial charge in [-0.25, -0.2) is 0 Å². The zero-order valence-corrected chi connectivity index (χ0v) is 13.2. The van der Waals surface area contributed by atoms with Gasteiger partial charge < -0.3 is 15.4 Å². The van der Waals surface area contributed by atoms with Crippen LogP contribution in [0.25, 0.3) is 0 Å².